The van der Waals surface area contributed by atoms with Gasteiger partial charge in [0.2, 0.25) is 0 Å². The molecule has 12 aromatic rings. The highest BCUT2D eigenvalue weighted by Crippen LogP contribution is 2.28. The van der Waals surface area contributed by atoms with Crippen LogP contribution in [0.3, 0.4) is 0 Å². The fraction of sp³-hybridized carbons (Fsp3) is 0.189. The lowest BCUT2D eigenvalue weighted by Crippen LogP contribution is -2.73. The van der Waals surface area contributed by atoms with Crippen LogP contribution in [0.1, 0.15) is 118 Å². The Kier molecular flexibility index (Phi) is 30.7. The number of hydrogen-bond donors (Lipinski definition) is 6. The molecule has 0 fully saturated rings. The summed E-state index contributed by atoms with van der Waals surface area (Å²) in [7, 11) is -4.54. The van der Waals surface area contributed by atoms with Gasteiger partial charge in [-0.05, 0) is 182 Å². The zero-order valence-corrected chi connectivity index (χ0v) is 69.2. The first-order valence-corrected chi connectivity index (χ1v) is 43.6. The maximum Gasteiger partial charge on any atom is 0.529 e. The molecule has 22 heteroatoms. The Hall–Kier alpha value is -11.1. The van der Waals surface area contributed by atoms with Crippen LogP contribution in [-0.2, 0) is 116 Å². The van der Waals surface area contributed by atoms with E-state index in [1.807, 2.05) is 231 Å². The van der Waals surface area contributed by atoms with E-state index >= 15 is 0 Å². The van der Waals surface area contributed by atoms with E-state index < -0.39 is 26.4 Å². The number of rotatable bonds is 41. The lowest BCUT2D eigenvalue weighted by Gasteiger charge is -2.40. The molecular weight excluding hydrogens is 1520 g/mol. The normalized spacial score (nSPS) is 12.5. The van der Waals surface area contributed by atoms with E-state index in [9.17, 15) is 30.6 Å². The van der Waals surface area contributed by atoms with Gasteiger partial charge in [-0.15, -0.1) is 0 Å². The first-order chi connectivity index (χ1) is 57.2. The molecular formula is C95H97N3O16Si3. The molecule has 600 valence electrons. The predicted octanol–water partition coefficient (Wildman–Crippen LogP) is 13.9. The molecule has 0 saturated heterocycles. The number of hydrogen-bond acceptors (Lipinski definition) is 19. The number of nitrogens with zero attached hydrogens (tertiary/aromatic N) is 3. The Morgan fingerprint density at radius 3 is 0.692 bits per heavy atom. The van der Waals surface area contributed by atoms with Crippen molar-refractivity contribution >= 4 is 90.6 Å². The van der Waals surface area contributed by atoms with Crippen LogP contribution in [0.25, 0.3) is 48.6 Å². The van der Waals surface area contributed by atoms with Crippen molar-refractivity contribution in [3.63, 3.8) is 0 Å². The van der Waals surface area contributed by atoms with Crippen LogP contribution in [0.4, 0.5) is 0 Å². The Bertz CT molecular complexity index is 5200. The Balaban J connectivity index is 0.704. The van der Waals surface area contributed by atoms with Crippen LogP contribution in [0.5, 0.6) is 17.2 Å². The standard InChI is InChI=1S/C95H97N3O16Si3/c1-105-115(106-2,93-48-36-78(37-49-93)66-110-90-42-30-75(31-43-90)21-18-69-6-12-72(13-7-69)24-27-81-54-84(60-99)96-85(55-81)61-100)113-117(109-5,95-52-40-80(41-53-95)68-112-92-46-34-77(35-47-92)23-20-71-10-16-74(17-11-71)26-29-83-58-88(64-103)98-89(59-83)65-104)114-116(107-3,108-4)94-50-38-79(39-51-94)67-111-91-44-32-76(33-45-91)22-19-70-8-14-73(15-9-70)25-28-82-56-86(62-101)97-87(57-82)63-102/h6-18,20-21,23-24,26-27,29-59,99-104H,19,22,25,28,60-68H2,1-5H3/b21-18+,23-20+,27-24+,29-26+. The van der Waals surface area contributed by atoms with Gasteiger partial charge in [-0.2, -0.15) is 0 Å². The van der Waals surface area contributed by atoms with E-state index in [1.165, 1.54) is 16.7 Å². The van der Waals surface area contributed by atoms with Crippen LogP contribution < -0.4 is 29.8 Å². The van der Waals surface area contributed by atoms with Gasteiger partial charge < -0.3 is 75.2 Å². The average molecular weight is 1620 g/mol. The van der Waals surface area contributed by atoms with Gasteiger partial charge in [-0.3, -0.25) is 15.0 Å². The molecule has 0 amide bonds. The lowest BCUT2D eigenvalue weighted by atomic mass is 10.00. The zero-order chi connectivity index (χ0) is 81.8. The summed E-state index contributed by atoms with van der Waals surface area (Å²) >= 11 is 0. The minimum Gasteiger partial charge on any atom is -0.489 e. The first-order valence-electron chi connectivity index (χ1n) is 38.4. The Morgan fingerprint density at radius 2 is 0.436 bits per heavy atom. The number of aromatic nitrogens is 3. The van der Waals surface area contributed by atoms with Crippen molar-refractivity contribution in [3.05, 3.63) is 372 Å². The number of aliphatic hydroxyl groups excluding tert-OH is 6. The summed E-state index contributed by atoms with van der Waals surface area (Å²) < 4.78 is 66.2. The maximum atomic E-state index is 9.62. The summed E-state index contributed by atoms with van der Waals surface area (Å²) in [5.74, 6) is 2.13. The third-order valence-electron chi connectivity index (χ3n) is 19.7. The van der Waals surface area contributed by atoms with Gasteiger partial charge in [-0.1, -0.05) is 231 Å². The molecule has 6 N–H and O–H groups in total. The van der Waals surface area contributed by atoms with E-state index in [1.54, 1.807) is 59.8 Å². The zero-order valence-electron chi connectivity index (χ0n) is 66.2. The fourth-order valence-corrected chi connectivity index (χ4v) is 23.7. The van der Waals surface area contributed by atoms with E-state index in [0.29, 0.717) is 67.8 Å². The van der Waals surface area contributed by atoms with Crippen molar-refractivity contribution < 1.29 is 75.2 Å². The summed E-state index contributed by atoms with van der Waals surface area (Å²) in [5, 5.41) is 59.5. The van der Waals surface area contributed by atoms with Crippen molar-refractivity contribution in [1.29, 1.82) is 0 Å². The molecule has 3 heterocycles. The van der Waals surface area contributed by atoms with E-state index in [2.05, 4.69) is 63.5 Å². The van der Waals surface area contributed by atoms with Crippen molar-refractivity contribution in [2.45, 2.75) is 85.1 Å². The molecule has 117 heavy (non-hydrogen) atoms. The van der Waals surface area contributed by atoms with E-state index in [-0.39, 0.29) is 52.9 Å². The Morgan fingerprint density at radius 1 is 0.231 bits per heavy atom. The minimum atomic E-state index is -4.32. The average Bonchev–Trinajstić information content (AvgIpc) is 0.749. The van der Waals surface area contributed by atoms with Crippen LogP contribution in [0.15, 0.2) is 255 Å². The van der Waals surface area contributed by atoms with Gasteiger partial charge in [-0.25, -0.2) is 0 Å². The lowest BCUT2D eigenvalue weighted by molar-refractivity contribution is 0.0919. The summed E-state index contributed by atoms with van der Waals surface area (Å²) in [6.45, 7) is -0.314. The number of pyridine rings is 3. The van der Waals surface area contributed by atoms with Gasteiger partial charge in [0.25, 0.3) is 0 Å². The minimum absolute atomic E-state index is 0.162. The summed E-state index contributed by atoms with van der Waals surface area (Å²) in [5.41, 5.74) is 18.3. The fourth-order valence-electron chi connectivity index (χ4n) is 13.2. The SMILES string of the molecule is CO[Si](OC)(O[Si](OC)(O[Si](OC)(OC)c1ccc(COc2ccc(CCc3ccc(CCc4cc(CO)nc(CO)c4)cc3)cc2)cc1)c1ccc(COc2ccc(/C=C/c3ccc(/C=C/c4cc(CO)nc(CO)c4)cc3)cc2)cc1)c1ccc(COc2ccc(/C=C/c3ccc(/C=C/c4cc(CO)nc(CO)c4)cc3)cc2)cc1. The van der Waals surface area contributed by atoms with Crippen LogP contribution in [0.2, 0.25) is 0 Å². The molecule has 0 aliphatic rings. The van der Waals surface area contributed by atoms with E-state index in [0.717, 1.165) is 98.2 Å². The van der Waals surface area contributed by atoms with Crippen molar-refractivity contribution in [2.24, 2.45) is 0 Å². The number of aliphatic hydroxyl groups is 6. The van der Waals surface area contributed by atoms with E-state index in [4.69, 9.17) is 44.6 Å². The summed E-state index contributed by atoms with van der Waals surface area (Å²) in [6.07, 6.45) is 19.4. The second kappa shape index (κ2) is 42.2. The summed E-state index contributed by atoms with van der Waals surface area (Å²) in [4.78, 5) is 12.7. The third kappa shape index (κ3) is 23.6. The first kappa shape index (κ1) is 85.3. The van der Waals surface area contributed by atoms with Crippen LogP contribution >= 0.6 is 0 Å². The van der Waals surface area contributed by atoms with Crippen molar-refractivity contribution in [1.82, 2.24) is 15.0 Å². The molecule has 3 aromatic heterocycles. The third-order valence-corrected chi connectivity index (χ3v) is 29.9. The summed E-state index contributed by atoms with van der Waals surface area (Å²) in [6, 6.07) is 83.2. The van der Waals surface area contributed by atoms with Gasteiger partial charge in [0.1, 0.15) is 37.1 Å². The molecule has 0 radical (unpaired) electrons. The van der Waals surface area contributed by atoms with Gasteiger partial charge in [0.05, 0.1) is 73.8 Å². The molecule has 12 rings (SSSR count). The second-order valence-electron chi connectivity index (χ2n) is 27.8. The molecule has 0 saturated carbocycles. The predicted molar refractivity (Wildman–Crippen MR) is 463 cm³/mol. The number of ether oxygens (including phenoxy) is 3. The highest BCUT2D eigenvalue weighted by molar-refractivity contribution is 6.93. The Labute approximate surface area is 687 Å². The van der Waals surface area contributed by atoms with Crippen LogP contribution in [-0.4, -0.2) is 108 Å². The molecule has 0 spiro atoms. The molecule has 1 unspecified atom stereocenters. The number of aryl methyl sites for hydroxylation is 4. The maximum absolute atomic E-state index is 9.62. The van der Waals surface area contributed by atoms with Crippen molar-refractivity contribution in [3.8, 4) is 17.2 Å². The molecule has 0 aliphatic heterocycles. The van der Waals surface area contributed by atoms with Gasteiger partial charge >= 0.3 is 26.4 Å². The number of benzene rings is 9. The largest absolute Gasteiger partial charge is 0.529 e. The molecule has 9 aromatic carbocycles. The van der Waals surface area contributed by atoms with Gasteiger partial charge in [0, 0.05) is 51.1 Å². The smallest absolute Gasteiger partial charge is 0.489 e. The molecule has 1 atom stereocenters. The highest BCUT2D eigenvalue weighted by Gasteiger charge is 2.61. The second-order valence-corrected chi connectivity index (χ2v) is 36.5. The quantitative estimate of drug-likeness (QED) is 0.0154. The monoisotopic (exact) mass is 1620 g/mol. The molecule has 19 nitrogen and oxygen atoms in total. The molecule has 0 bridgehead atoms. The van der Waals surface area contributed by atoms with Gasteiger partial charge in [0.15, 0.2) is 0 Å². The molecule has 0 aliphatic carbocycles. The van der Waals surface area contributed by atoms with Crippen molar-refractivity contribution in [2.75, 3.05) is 35.5 Å². The topological polar surface area (TPSA) is 252 Å². The highest BCUT2D eigenvalue weighted by atomic mass is 28.5. The van der Waals surface area contributed by atoms with Crippen LogP contribution in [0, 0.1) is 0 Å².